The molecule has 0 N–H and O–H groups in total. The van der Waals surface area contributed by atoms with Gasteiger partial charge in [0.15, 0.2) is 6.29 Å². The Hall–Kier alpha value is -1.20. The van der Waals surface area contributed by atoms with Crippen LogP contribution in [0.25, 0.3) is 0 Å². The molecule has 3 nitrogen and oxygen atoms in total. The van der Waals surface area contributed by atoms with Crippen molar-refractivity contribution in [3.05, 3.63) is 44.8 Å². The van der Waals surface area contributed by atoms with Crippen molar-refractivity contribution in [2.45, 2.75) is 6.61 Å². The standard InChI is InChI=1S/C11H8BrNO2S/c12-8-1-3-9(4-2-8)15-7-11-13-5-10(6-14)16-11/h1-6H,7H2. The lowest BCUT2D eigenvalue weighted by molar-refractivity contribution is 0.112. The lowest BCUT2D eigenvalue weighted by Gasteiger charge is -2.03. The fraction of sp³-hybridized carbons (Fsp3) is 0.0909. The molecule has 0 amide bonds. The van der Waals surface area contributed by atoms with E-state index in [1.54, 1.807) is 6.20 Å². The molecule has 0 saturated heterocycles. The summed E-state index contributed by atoms with van der Waals surface area (Å²) < 4.78 is 6.53. The van der Waals surface area contributed by atoms with E-state index in [9.17, 15) is 4.79 Å². The van der Waals surface area contributed by atoms with Gasteiger partial charge in [-0.25, -0.2) is 4.98 Å². The summed E-state index contributed by atoms with van der Waals surface area (Å²) in [4.78, 5) is 15.1. The van der Waals surface area contributed by atoms with Gasteiger partial charge in [0, 0.05) is 10.7 Å². The summed E-state index contributed by atoms with van der Waals surface area (Å²) in [5.41, 5.74) is 0. The van der Waals surface area contributed by atoms with E-state index in [2.05, 4.69) is 20.9 Å². The van der Waals surface area contributed by atoms with Gasteiger partial charge in [-0.3, -0.25) is 4.79 Å². The fourth-order valence-corrected chi connectivity index (χ4v) is 2.03. The fourth-order valence-electron chi connectivity index (χ4n) is 1.12. The van der Waals surface area contributed by atoms with Gasteiger partial charge in [0.2, 0.25) is 0 Å². The monoisotopic (exact) mass is 297 g/mol. The van der Waals surface area contributed by atoms with Crippen LogP contribution in [0.1, 0.15) is 14.7 Å². The first kappa shape index (κ1) is 11.3. The largest absolute Gasteiger partial charge is 0.486 e. The second-order valence-corrected chi connectivity index (χ2v) is 5.08. The summed E-state index contributed by atoms with van der Waals surface area (Å²) in [7, 11) is 0. The van der Waals surface area contributed by atoms with Crippen molar-refractivity contribution in [1.82, 2.24) is 4.98 Å². The minimum atomic E-state index is 0.389. The zero-order valence-corrected chi connectivity index (χ0v) is 10.6. The molecule has 0 aliphatic rings. The highest BCUT2D eigenvalue weighted by molar-refractivity contribution is 9.10. The van der Waals surface area contributed by atoms with E-state index in [4.69, 9.17) is 4.74 Å². The second-order valence-electron chi connectivity index (χ2n) is 3.02. The zero-order chi connectivity index (χ0) is 11.4. The maximum Gasteiger partial charge on any atom is 0.161 e. The molecule has 2 rings (SSSR count). The summed E-state index contributed by atoms with van der Waals surface area (Å²) in [6, 6.07) is 7.57. The molecule has 0 unspecified atom stereocenters. The van der Waals surface area contributed by atoms with Crippen LogP contribution in [-0.4, -0.2) is 11.3 Å². The maximum atomic E-state index is 10.5. The molecule has 0 radical (unpaired) electrons. The van der Waals surface area contributed by atoms with E-state index < -0.39 is 0 Å². The molecular weight excluding hydrogens is 290 g/mol. The van der Waals surface area contributed by atoms with Gasteiger partial charge in [0.1, 0.15) is 17.4 Å². The first-order valence-corrected chi connectivity index (χ1v) is 6.17. The number of hydrogen-bond acceptors (Lipinski definition) is 4. The smallest absolute Gasteiger partial charge is 0.161 e. The Morgan fingerprint density at radius 1 is 1.38 bits per heavy atom. The molecule has 0 saturated carbocycles. The van der Waals surface area contributed by atoms with Crippen molar-refractivity contribution in [3.8, 4) is 5.75 Å². The van der Waals surface area contributed by atoms with Crippen LogP contribution in [0.3, 0.4) is 0 Å². The molecule has 1 heterocycles. The number of ether oxygens (including phenoxy) is 1. The molecular formula is C11H8BrNO2S. The average molecular weight is 298 g/mol. The summed E-state index contributed by atoms with van der Waals surface area (Å²) >= 11 is 4.69. The number of aldehydes is 1. The van der Waals surface area contributed by atoms with Crippen molar-refractivity contribution in [2.75, 3.05) is 0 Å². The first-order valence-electron chi connectivity index (χ1n) is 4.56. The minimum Gasteiger partial charge on any atom is -0.486 e. The van der Waals surface area contributed by atoms with Crippen LogP contribution in [0.4, 0.5) is 0 Å². The van der Waals surface area contributed by atoms with E-state index in [1.807, 2.05) is 24.3 Å². The molecule has 0 aliphatic heterocycles. The van der Waals surface area contributed by atoms with E-state index in [0.717, 1.165) is 21.5 Å². The average Bonchev–Trinajstić information content (AvgIpc) is 2.76. The molecule has 0 aliphatic carbocycles. The Labute approximate surface area is 105 Å². The Morgan fingerprint density at radius 2 is 2.12 bits per heavy atom. The number of thiazole rings is 1. The summed E-state index contributed by atoms with van der Waals surface area (Å²) in [6.07, 6.45) is 2.35. The Morgan fingerprint density at radius 3 is 2.75 bits per heavy atom. The van der Waals surface area contributed by atoms with Crippen LogP contribution in [0.5, 0.6) is 5.75 Å². The van der Waals surface area contributed by atoms with E-state index >= 15 is 0 Å². The normalized spacial score (nSPS) is 10.1. The third-order valence-corrected chi connectivity index (χ3v) is 3.29. The van der Waals surface area contributed by atoms with Crippen LogP contribution in [0.2, 0.25) is 0 Å². The third kappa shape index (κ3) is 2.90. The quantitative estimate of drug-likeness (QED) is 0.813. The van der Waals surface area contributed by atoms with Gasteiger partial charge in [0.05, 0.1) is 4.88 Å². The predicted molar refractivity (Wildman–Crippen MR) is 66.0 cm³/mol. The number of aromatic nitrogens is 1. The summed E-state index contributed by atoms with van der Waals surface area (Å²) in [5, 5.41) is 0.796. The topological polar surface area (TPSA) is 39.2 Å². The van der Waals surface area contributed by atoms with Gasteiger partial charge in [-0.2, -0.15) is 0 Å². The summed E-state index contributed by atoms with van der Waals surface area (Å²) in [6.45, 7) is 0.389. The number of carbonyl (C=O) groups is 1. The molecule has 2 aromatic rings. The Bertz CT molecular complexity index is 481. The molecule has 0 spiro atoms. The van der Waals surface area contributed by atoms with Crippen LogP contribution in [-0.2, 0) is 6.61 Å². The molecule has 0 bridgehead atoms. The molecule has 1 aromatic heterocycles. The van der Waals surface area contributed by atoms with Gasteiger partial charge >= 0.3 is 0 Å². The van der Waals surface area contributed by atoms with E-state index in [0.29, 0.717) is 11.5 Å². The molecule has 0 atom stereocenters. The Kier molecular flexibility index (Phi) is 3.69. The van der Waals surface area contributed by atoms with Crippen LogP contribution in [0, 0.1) is 0 Å². The minimum absolute atomic E-state index is 0.389. The molecule has 16 heavy (non-hydrogen) atoms. The third-order valence-electron chi connectivity index (χ3n) is 1.86. The lowest BCUT2D eigenvalue weighted by Crippen LogP contribution is -1.93. The first-order chi connectivity index (χ1) is 7.78. The highest BCUT2D eigenvalue weighted by atomic mass is 79.9. The number of nitrogens with zero attached hydrogens (tertiary/aromatic N) is 1. The van der Waals surface area contributed by atoms with Gasteiger partial charge in [-0.1, -0.05) is 15.9 Å². The lowest BCUT2D eigenvalue weighted by atomic mass is 10.3. The predicted octanol–water partition coefficient (Wildman–Crippen LogP) is 3.30. The number of halogens is 1. The number of carbonyl (C=O) groups excluding carboxylic acids is 1. The van der Waals surface area contributed by atoms with E-state index in [1.165, 1.54) is 11.3 Å². The van der Waals surface area contributed by atoms with Crippen molar-refractivity contribution in [3.63, 3.8) is 0 Å². The van der Waals surface area contributed by atoms with Crippen molar-refractivity contribution in [1.29, 1.82) is 0 Å². The van der Waals surface area contributed by atoms with Gasteiger partial charge in [-0.15, -0.1) is 11.3 Å². The maximum absolute atomic E-state index is 10.5. The molecule has 5 heteroatoms. The van der Waals surface area contributed by atoms with Crippen LogP contribution in [0.15, 0.2) is 34.9 Å². The second kappa shape index (κ2) is 5.23. The van der Waals surface area contributed by atoms with Crippen LogP contribution < -0.4 is 4.74 Å². The summed E-state index contributed by atoms with van der Waals surface area (Å²) in [5.74, 6) is 0.783. The van der Waals surface area contributed by atoms with Crippen LogP contribution >= 0.6 is 27.3 Å². The molecule has 82 valence electrons. The van der Waals surface area contributed by atoms with Crippen molar-refractivity contribution >= 4 is 33.6 Å². The van der Waals surface area contributed by atoms with Gasteiger partial charge in [-0.05, 0) is 24.3 Å². The van der Waals surface area contributed by atoms with Crippen molar-refractivity contribution in [2.24, 2.45) is 0 Å². The number of rotatable bonds is 4. The SMILES string of the molecule is O=Cc1cnc(COc2ccc(Br)cc2)s1. The zero-order valence-electron chi connectivity index (χ0n) is 8.22. The number of benzene rings is 1. The van der Waals surface area contributed by atoms with Gasteiger partial charge in [0.25, 0.3) is 0 Å². The highest BCUT2D eigenvalue weighted by Gasteiger charge is 2.01. The van der Waals surface area contributed by atoms with Crippen molar-refractivity contribution < 1.29 is 9.53 Å². The van der Waals surface area contributed by atoms with E-state index in [-0.39, 0.29) is 0 Å². The molecule has 1 aromatic carbocycles. The Balaban J connectivity index is 1.96. The highest BCUT2D eigenvalue weighted by Crippen LogP contribution is 2.18. The van der Waals surface area contributed by atoms with Gasteiger partial charge < -0.3 is 4.74 Å². The molecule has 0 fully saturated rings. The number of hydrogen-bond donors (Lipinski definition) is 0.